The Morgan fingerprint density at radius 1 is 1.14 bits per heavy atom. The minimum atomic E-state index is -0.227. The van der Waals surface area contributed by atoms with Crippen LogP contribution in [0.25, 0.3) is 0 Å². The molecule has 4 bridgehead atoms. The lowest BCUT2D eigenvalue weighted by Gasteiger charge is -2.66. The van der Waals surface area contributed by atoms with Crippen molar-refractivity contribution in [3.63, 3.8) is 0 Å². The lowest BCUT2D eigenvalue weighted by Crippen LogP contribution is -2.59. The molecule has 2 nitrogen and oxygen atoms in total. The quantitative estimate of drug-likeness (QED) is 0.911. The zero-order chi connectivity index (χ0) is 14.7. The van der Waals surface area contributed by atoms with Crippen molar-refractivity contribution < 1.29 is 5.11 Å². The molecule has 4 aliphatic carbocycles. The number of pyridine rings is 1. The molecule has 0 saturated heterocycles. The molecule has 1 heterocycles. The molecule has 1 aromatic rings. The molecule has 1 aromatic heterocycles. The van der Waals surface area contributed by atoms with Gasteiger partial charge in [0.15, 0.2) is 0 Å². The Bertz CT molecular complexity index is 522. The average molecular weight is 285 g/mol. The van der Waals surface area contributed by atoms with Crippen LogP contribution >= 0.6 is 0 Å². The molecule has 2 heteroatoms. The Morgan fingerprint density at radius 3 is 2.43 bits per heavy atom. The predicted octanol–water partition coefficient (Wildman–Crippen LogP) is 3.98. The van der Waals surface area contributed by atoms with Gasteiger partial charge in [0.2, 0.25) is 0 Å². The van der Waals surface area contributed by atoms with Gasteiger partial charge in [-0.2, -0.15) is 0 Å². The molecular formula is C19H27NO. The molecule has 5 rings (SSSR count). The average Bonchev–Trinajstić information content (AvgIpc) is 2.35. The number of aromatic nitrogens is 1. The summed E-state index contributed by atoms with van der Waals surface area (Å²) >= 11 is 0. The highest BCUT2D eigenvalue weighted by Crippen LogP contribution is 2.70. The molecule has 0 amide bonds. The van der Waals surface area contributed by atoms with Crippen molar-refractivity contribution in [3.05, 3.63) is 30.1 Å². The number of hydrogen-bond acceptors (Lipinski definition) is 2. The van der Waals surface area contributed by atoms with Crippen molar-refractivity contribution in [1.82, 2.24) is 4.98 Å². The monoisotopic (exact) mass is 285 g/mol. The van der Waals surface area contributed by atoms with Crippen LogP contribution in [-0.4, -0.2) is 16.2 Å². The van der Waals surface area contributed by atoms with Gasteiger partial charge in [-0.25, -0.2) is 0 Å². The van der Waals surface area contributed by atoms with Gasteiger partial charge < -0.3 is 5.11 Å². The third-order valence-corrected chi connectivity index (χ3v) is 6.50. The van der Waals surface area contributed by atoms with Crippen molar-refractivity contribution in [1.29, 1.82) is 0 Å². The second-order valence-electron chi connectivity index (χ2n) is 9.03. The maximum atomic E-state index is 11.1. The molecule has 0 radical (unpaired) electrons. The van der Waals surface area contributed by atoms with Gasteiger partial charge in [0.25, 0.3) is 0 Å². The summed E-state index contributed by atoms with van der Waals surface area (Å²) in [6.07, 6.45) is 10.2. The number of aliphatic hydroxyl groups excluding tert-OH is 1. The van der Waals surface area contributed by atoms with E-state index in [4.69, 9.17) is 0 Å². The molecule has 0 aliphatic heterocycles. The van der Waals surface area contributed by atoms with Crippen LogP contribution in [0.3, 0.4) is 0 Å². The normalized spacial score (nSPS) is 45.8. The topological polar surface area (TPSA) is 33.1 Å². The third kappa shape index (κ3) is 2.23. The SMILES string of the molecule is CC12CC3CC(C)(C1)CC(C(O)Cc1ccccn1)(C3)C2. The molecule has 4 fully saturated rings. The molecule has 4 saturated carbocycles. The van der Waals surface area contributed by atoms with E-state index in [-0.39, 0.29) is 11.5 Å². The van der Waals surface area contributed by atoms with Crippen LogP contribution in [0.2, 0.25) is 0 Å². The first-order chi connectivity index (χ1) is 9.91. The van der Waals surface area contributed by atoms with Gasteiger partial charge in [-0.3, -0.25) is 4.98 Å². The van der Waals surface area contributed by atoms with Crippen molar-refractivity contribution in [2.45, 2.75) is 64.9 Å². The third-order valence-electron chi connectivity index (χ3n) is 6.50. The smallest absolute Gasteiger partial charge is 0.0652 e. The van der Waals surface area contributed by atoms with Gasteiger partial charge in [-0.05, 0) is 72.8 Å². The van der Waals surface area contributed by atoms with E-state index >= 15 is 0 Å². The van der Waals surface area contributed by atoms with E-state index in [0.717, 1.165) is 18.0 Å². The highest BCUT2D eigenvalue weighted by molar-refractivity contribution is 5.14. The Kier molecular flexibility index (Phi) is 2.83. The van der Waals surface area contributed by atoms with Crippen LogP contribution in [0.15, 0.2) is 24.4 Å². The van der Waals surface area contributed by atoms with Crippen LogP contribution in [0, 0.1) is 22.2 Å². The molecule has 3 atom stereocenters. The van der Waals surface area contributed by atoms with E-state index in [9.17, 15) is 5.11 Å². The molecule has 114 valence electrons. The first-order valence-corrected chi connectivity index (χ1v) is 8.49. The minimum Gasteiger partial charge on any atom is -0.392 e. The molecule has 0 spiro atoms. The molecule has 1 N–H and O–H groups in total. The van der Waals surface area contributed by atoms with Gasteiger partial charge in [-0.15, -0.1) is 0 Å². The maximum absolute atomic E-state index is 11.1. The fraction of sp³-hybridized carbons (Fsp3) is 0.737. The van der Waals surface area contributed by atoms with E-state index in [0.29, 0.717) is 10.8 Å². The number of aliphatic hydroxyl groups is 1. The summed E-state index contributed by atoms with van der Waals surface area (Å²) in [6.45, 7) is 4.94. The Morgan fingerprint density at radius 2 is 1.86 bits per heavy atom. The van der Waals surface area contributed by atoms with Crippen molar-refractivity contribution in [3.8, 4) is 0 Å². The van der Waals surface area contributed by atoms with Crippen LogP contribution in [0.4, 0.5) is 0 Å². The largest absolute Gasteiger partial charge is 0.392 e. The molecular weight excluding hydrogens is 258 g/mol. The van der Waals surface area contributed by atoms with E-state index in [1.807, 2.05) is 24.4 Å². The maximum Gasteiger partial charge on any atom is 0.0652 e. The number of hydrogen-bond donors (Lipinski definition) is 1. The lowest BCUT2D eigenvalue weighted by atomic mass is 9.39. The van der Waals surface area contributed by atoms with Gasteiger partial charge in [-0.1, -0.05) is 19.9 Å². The Balaban J connectivity index is 1.62. The highest BCUT2D eigenvalue weighted by atomic mass is 16.3. The summed E-state index contributed by atoms with van der Waals surface area (Å²) in [5.41, 5.74) is 2.13. The molecule has 3 unspecified atom stereocenters. The van der Waals surface area contributed by atoms with Crippen molar-refractivity contribution in [2.24, 2.45) is 22.2 Å². The van der Waals surface area contributed by atoms with Gasteiger partial charge in [0, 0.05) is 18.3 Å². The first-order valence-electron chi connectivity index (χ1n) is 8.49. The zero-order valence-corrected chi connectivity index (χ0v) is 13.3. The van der Waals surface area contributed by atoms with Crippen molar-refractivity contribution >= 4 is 0 Å². The van der Waals surface area contributed by atoms with Crippen LogP contribution in [-0.2, 0) is 6.42 Å². The van der Waals surface area contributed by atoms with Crippen LogP contribution in [0.1, 0.15) is 58.1 Å². The van der Waals surface area contributed by atoms with Gasteiger partial charge >= 0.3 is 0 Å². The van der Waals surface area contributed by atoms with E-state index in [1.54, 1.807) is 0 Å². The molecule has 4 aliphatic rings. The molecule has 21 heavy (non-hydrogen) atoms. The minimum absolute atomic E-state index is 0.153. The Hall–Kier alpha value is -0.890. The van der Waals surface area contributed by atoms with Crippen LogP contribution < -0.4 is 0 Å². The van der Waals surface area contributed by atoms with Gasteiger partial charge in [0.1, 0.15) is 0 Å². The number of nitrogens with zero attached hydrogens (tertiary/aromatic N) is 1. The summed E-state index contributed by atoms with van der Waals surface area (Å²) in [5, 5.41) is 11.1. The summed E-state index contributed by atoms with van der Waals surface area (Å²) in [7, 11) is 0. The fourth-order valence-electron chi connectivity index (χ4n) is 6.84. The van der Waals surface area contributed by atoms with Gasteiger partial charge in [0.05, 0.1) is 6.10 Å². The summed E-state index contributed by atoms with van der Waals surface area (Å²) in [6, 6.07) is 6.02. The predicted molar refractivity (Wildman–Crippen MR) is 83.8 cm³/mol. The van der Waals surface area contributed by atoms with Crippen molar-refractivity contribution in [2.75, 3.05) is 0 Å². The summed E-state index contributed by atoms with van der Waals surface area (Å²) in [5.74, 6) is 0.842. The molecule has 0 aromatic carbocycles. The van der Waals surface area contributed by atoms with E-state index < -0.39 is 0 Å². The fourth-order valence-corrected chi connectivity index (χ4v) is 6.84. The highest BCUT2D eigenvalue weighted by Gasteiger charge is 2.61. The second-order valence-corrected chi connectivity index (χ2v) is 9.03. The summed E-state index contributed by atoms with van der Waals surface area (Å²) < 4.78 is 0. The second kappa shape index (κ2) is 4.32. The zero-order valence-electron chi connectivity index (χ0n) is 13.3. The van der Waals surface area contributed by atoms with Crippen LogP contribution in [0.5, 0.6) is 0 Å². The number of rotatable bonds is 3. The summed E-state index contributed by atoms with van der Waals surface area (Å²) in [4.78, 5) is 4.42. The van der Waals surface area contributed by atoms with E-state index in [1.165, 1.54) is 38.5 Å². The lowest BCUT2D eigenvalue weighted by molar-refractivity contribution is -0.185. The Labute approximate surface area is 128 Å². The first kappa shape index (κ1) is 13.8. The van der Waals surface area contributed by atoms with E-state index in [2.05, 4.69) is 18.8 Å². The standard InChI is InChI=1S/C19H27NO/c1-17-8-14-9-18(2,11-17)13-19(10-14,12-17)16(21)7-15-5-3-4-6-20-15/h3-6,14,16,21H,7-13H2,1-2H3.